The average molecular weight is 423 g/mol. The molecule has 0 amide bonds. The van der Waals surface area contributed by atoms with Crippen molar-refractivity contribution in [1.29, 1.82) is 0 Å². The van der Waals surface area contributed by atoms with Crippen LogP contribution >= 0.6 is 0 Å². The van der Waals surface area contributed by atoms with E-state index >= 15 is 0 Å². The molecule has 0 saturated carbocycles. The normalized spacial score (nSPS) is 23.1. The highest BCUT2D eigenvalue weighted by Gasteiger charge is 2.57. The van der Waals surface area contributed by atoms with Crippen molar-refractivity contribution in [3.05, 3.63) is 60.2 Å². The average Bonchev–Trinajstić information content (AvgIpc) is 3.34. The molecule has 2 aromatic carbocycles. The SMILES string of the molecule is CC.CC.CC.CCC1(C)c2ccccc2N2C(=NC)C(=NC)N(c3ccccc3)C21. The van der Waals surface area contributed by atoms with E-state index in [4.69, 9.17) is 0 Å². The maximum atomic E-state index is 4.63. The number of anilines is 2. The van der Waals surface area contributed by atoms with Crippen LogP contribution < -0.4 is 9.80 Å². The van der Waals surface area contributed by atoms with Crippen LogP contribution in [0.25, 0.3) is 0 Å². The third-order valence-corrected chi connectivity index (χ3v) is 5.69. The Morgan fingerprint density at radius 3 is 1.74 bits per heavy atom. The van der Waals surface area contributed by atoms with Crippen LogP contribution in [0.5, 0.6) is 0 Å². The lowest BCUT2D eigenvalue weighted by molar-refractivity contribution is 0.402. The molecule has 1 fully saturated rings. The summed E-state index contributed by atoms with van der Waals surface area (Å²) in [6, 6.07) is 19.2. The smallest absolute Gasteiger partial charge is 0.173 e. The first kappa shape index (κ1) is 26.4. The summed E-state index contributed by atoms with van der Waals surface area (Å²) < 4.78 is 0. The molecule has 0 radical (unpaired) electrons. The molecular formula is C27H42N4. The minimum absolute atomic E-state index is 0.00514. The van der Waals surface area contributed by atoms with E-state index in [-0.39, 0.29) is 11.6 Å². The molecule has 0 aliphatic carbocycles. The third kappa shape index (κ3) is 4.39. The van der Waals surface area contributed by atoms with E-state index in [0.29, 0.717) is 0 Å². The Balaban J connectivity index is 0.000000739. The molecule has 0 bridgehead atoms. The Morgan fingerprint density at radius 1 is 0.742 bits per heavy atom. The van der Waals surface area contributed by atoms with Crippen LogP contribution in [0.4, 0.5) is 11.4 Å². The van der Waals surface area contributed by atoms with E-state index in [1.807, 2.05) is 55.6 Å². The molecule has 0 N–H and O–H groups in total. The summed E-state index contributed by atoms with van der Waals surface area (Å²) in [6.07, 6.45) is 1.19. The summed E-state index contributed by atoms with van der Waals surface area (Å²) in [6.45, 7) is 16.6. The van der Waals surface area contributed by atoms with E-state index in [0.717, 1.165) is 23.8 Å². The van der Waals surface area contributed by atoms with Crippen LogP contribution in [0.15, 0.2) is 64.6 Å². The van der Waals surface area contributed by atoms with Gasteiger partial charge < -0.3 is 9.80 Å². The third-order valence-electron chi connectivity index (χ3n) is 5.69. The van der Waals surface area contributed by atoms with Gasteiger partial charge in [0.25, 0.3) is 0 Å². The molecule has 4 rings (SSSR count). The van der Waals surface area contributed by atoms with Gasteiger partial charge in [0, 0.05) is 30.9 Å². The van der Waals surface area contributed by atoms with Gasteiger partial charge in [0.15, 0.2) is 11.7 Å². The van der Waals surface area contributed by atoms with Gasteiger partial charge in [0.05, 0.1) is 0 Å². The summed E-state index contributed by atoms with van der Waals surface area (Å²) in [4.78, 5) is 14.0. The van der Waals surface area contributed by atoms with Gasteiger partial charge in [-0.3, -0.25) is 9.98 Å². The van der Waals surface area contributed by atoms with Gasteiger partial charge in [0.1, 0.15) is 6.17 Å². The standard InChI is InChI=1S/C21H24N4.3C2H6/c1-5-21(2)16-13-9-10-14-17(16)25-19(23-4)18(22-3)24(20(21)25)15-11-7-6-8-12-15;3*1-2/h6-14,20H,5H2,1-4H3;3*1-2H3. The van der Waals surface area contributed by atoms with Crippen LogP contribution in [0.3, 0.4) is 0 Å². The van der Waals surface area contributed by atoms with Crippen LogP contribution in [0.1, 0.15) is 67.4 Å². The highest BCUT2D eigenvalue weighted by Crippen LogP contribution is 2.52. The molecule has 1 saturated heterocycles. The van der Waals surface area contributed by atoms with Crippen molar-refractivity contribution in [1.82, 2.24) is 0 Å². The second-order valence-corrected chi connectivity index (χ2v) is 6.83. The maximum Gasteiger partial charge on any atom is 0.173 e. The predicted molar refractivity (Wildman–Crippen MR) is 140 cm³/mol. The number of hydrogen-bond donors (Lipinski definition) is 0. The number of fused-ring (bicyclic) bond motifs is 3. The zero-order chi connectivity index (χ0) is 23.6. The van der Waals surface area contributed by atoms with Crippen LogP contribution in [0.2, 0.25) is 0 Å². The van der Waals surface area contributed by atoms with Crippen LogP contribution in [-0.4, -0.2) is 31.9 Å². The van der Waals surface area contributed by atoms with Crippen LogP contribution in [0, 0.1) is 0 Å². The van der Waals surface area contributed by atoms with Gasteiger partial charge in [-0.05, 0) is 30.2 Å². The molecule has 170 valence electrons. The second kappa shape index (κ2) is 12.3. The van der Waals surface area contributed by atoms with E-state index in [2.05, 4.69) is 88.2 Å². The molecule has 4 heteroatoms. The first-order valence-corrected chi connectivity index (χ1v) is 11.8. The summed E-state index contributed by atoms with van der Waals surface area (Å²) in [5.41, 5.74) is 3.79. The monoisotopic (exact) mass is 422 g/mol. The maximum absolute atomic E-state index is 4.63. The van der Waals surface area contributed by atoms with Crippen molar-refractivity contribution >= 4 is 23.0 Å². The van der Waals surface area contributed by atoms with E-state index < -0.39 is 0 Å². The fourth-order valence-electron chi connectivity index (χ4n) is 4.32. The van der Waals surface area contributed by atoms with Gasteiger partial charge in [-0.1, -0.05) is 91.8 Å². The van der Waals surface area contributed by atoms with Crippen molar-refractivity contribution in [2.75, 3.05) is 23.9 Å². The van der Waals surface area contributed by atoms with Crippen molar-refractivity contribution in [3.8, 4) is 0 Å². The second-order valence-electron chi connectivity index (χ2n) is 6.83. The minimum Gasteiger partial charge on any atom is -0.301 e. The number of rotatable bonds is 2. The molecular weight excluding hydrogens is 380 g/mol. The molecule has 2 atom stereocenters. The van der Waals surface area contributed by atoms with E-state index in [9.17, 15) is 0 Å². The highest BCUT2D eigenvalue weighted by molar-refractivity contribution is 6.53. The Bertz CT molecular complexity index is 847. The highest BCUT2D eigenvalue weighted by atomic mass is 15.5. The Labute approximate surface area is 190 Å². The summed E-state index contributed by atoms with van der Waals surface area (Å²) in [5, 5.41) is 0. The van der Waals surface area contributed by atoms with Gasteiger partial charge in [-0.15, -0.1) is 0 Å². The van der Waals surface area contributed by atoms with Crippen molar-refractivity contribution < 1.29 is 0 Å². The Hall–Kier alpha value is -2.62. The molecule has 4 nitrogen and oxygen atoms in total. The lowest BCUT2D eigenvalue weighted by Crippen LogP contribution is -2.49. The van der Waals surface area contributed by atoms with Crippen molar-refractivity contribution in [3.63, 3.8) is 0 Å². The molecule has 2 aromatic rings. The van der Waals surface area contributed by atoms with Gasteiger partial charge in [-0.25, -0.2) is 0 Å². The minimum atomic E-state index is -0.00514. The molecule has 0 spiro atoms. The molecule has 0 aromatic heterocycles. The zero-order valence-corrected chi connectivity index (χ0v) is 21.3. The fourth-order valence-corrected chi connectivity index (χ4v) is 4.32. The van der Waals surface area contributed by atoms with Crippen molar-refractivity contribution in [2.24, 2.45) is 9.98 Å². The van der Waals surface area contributed by atoms with Gasteiger partial charge >= 0.3 is 0 Å². The molecule has 2 unspecified atom stereocenters. The fraction of sp³-hybridized carbons (Fsp3) is 0.481. The van der Waals surface area contributed by atoms with Gasteiger partial charge in [-0.2, -0.15) is 0 Å². The number of hydrogen-bond acceptors (Lipinski definition) is 2. The van der Waals surface area contributed by atoms with Crippen molar-refractivity contribution in [2.45, 2.75) is 73.4 Å². The number of nitrogens with zero attached hydrogens (tertiary/aromatic N) is 4. The summed E-state index contributed by atoms with van der Waals surface area (Å²) in [7, 11) is 3.71. The lowest BCUT2D eigenvalue weighted by Gasteiger charge is -2.37. The summed E-state index contributed by atoms with van der Waals surface area (Å²) >= 11 is 0. The number of benzene rings is 2. The molecule has 2 aliphatic heterocycles. The quantitative estimate of drug-likeness (QED) is 0.514. The first-order valence-electron chi connectivity index (χ1n) is 11.8. The summed E-state index contributed by atoms with van der Waals surface area (Å²) in [5.74, 6) is 1.88. The first-order chi connectivity index (χ1) is 15.2. The molecule has 2 heterocycles. The van der Waals surface area contributed by atoms with E-state index in [1.165, 1.54) is 11.3 Å². The zero-order valence-electron chi connectivity index (χ0n) is 21.3. The molecule has 31 heavy (non-hydrogen) atoms. The Morgan fingerprint density at radius 2 is 1.23 bits per heavy atom. The topological polar surface area (TPSA) is 31.2 Å². The number of aliphatic imine (C=N–C) groups is 2. The lowest BCUT2D eigenvalue weighted by atomic mass is 9.79. The largest absolute Gasteiger partial charge is 0.301 e. The number of para-hydroxylation sites is 2. The molecule has 2 aliphatic rings. The predicted octanol–water partition coefficient (Wildman–Crippen LogP) is 7.16. The number of amidine groups is 2. The van der Waals surface area contributed by atoms with Crippen LogP contribution in [-0.2, 0) is 5.41 Å². The van der Waals surface area contributed by atoms with Gasteiger partial charge in [0.2, 0.25) is 0 Å². The van der Waals surface area contributed by atoms with E-state index in [1.54, 1.807) is 0 Å². The Kier molecular flexibility index (Phi) is 10.5.